The highest BCUT2D eigenvalue weighted by molar-refractivity contribution is 5.88. The molecule has 1 atom stereocenters. The number of aryl methyl sites for hydroxylation is 1. The van der Waals surface area contributed by atoms with Gasteiger partial charge in [-0.1, -0.05) is 12.1 Å². The van der Waals surface area contributed by atoms with Crippen molar-refractivity contribution in [2.75, 3.05) is 7.11 Å². The number of ether oxygens (including phenoxy) is 1. The van der Waals surface area contributed by atoms with E-state index in [1.54, 1.807) is 19.2 Å². The number of halogens is 3. The van der Waals surface area contributed by atoms with E-state index in [0.717, 1.165) is 17.7 Å². The number of carbonyl (C=O) groups is 1. The average Bonchev–Trinajstić information content (AvgIpc) is 2.60. The minimum atomic E-state index is -4.51. The molecule has 0 aliphatic rings. The molecule has 4 nitrogen and oxygen atoms in total. The standard InChI is InChI=1S/C18H15F3N2O2/c1-25-14-6-2-12(3-7-14)4-9-17(24)15(10-22)16-8-5-13(11-23-16)18(19,20)21/h2-3,5-8,11,15H,4,9H2,1H3. The van der Waals surface area contributed by atoms with Crippen molar-refractivity contribution in [3.63, 3.8) is 0 Å². The van der Waals surface area contributed by atoms with Gasteiger partial charge in [0.1, 0.15) is 11.7 Å². The van der Waals surface area contributed by atoms with Crippen molar-refractivity contribution in [1.82, 2.24) is 4.98 Å². The van der Waals surface area contributed by atoms with Crippen LogP contribution in [-0.4, -0.2) is 17.9 Å². The maximum Gasteiger partial charge on any atom is 0.417 e. The fraction of sp³-hybridized carbons (Fsp3) is 0.278. The highest BCUT2D eigenvalue weighted by Gasteiger charge is 2.31. The van der Waals surface area contributed by atoms with Crippen molar-refractivity contribution in [1.29, 1.82) is 5.26 Å². The smallest absolute Gasteiger partial charge is 0.417 e. The van der Waals surface area contributed by atoms with Crippen molar-refractivity contribution in [3.8, 4) is 11.8 Å². The molecule has 1 unspecified atom stereocenters. The first-order chi connectivity index (χ1) is 11.8. The van der Waals surface area contributed by atoms with Gasteiger partial charge in [-0.25, -0.2) is 0 Å². The maximum atomic E-state index is 12.5. The second kappa shape index (κ2) is 7.79. The van der Waals surface area contributed by atoms with Gasteiger partial charge in [-0.3, -0.25) is 9.78 Å². The van der Waals surface area contributed by atoms with Gasteiger partial charge in [0.25, 0.3) is 0 Å². The van der Waals surface area contributed by atoms with Crippen molar-refractivity contribution < 1.29 is 22.7 Å². The molecule has 0 amide bonds. The van der Waals surface area contributed by atoms with Crippen LogP contribution in [0.25, 0.3) is 0 Å². The van der Waals surface area contributed by atoms with Gasteiger partial charge in [0.15, 0.2) is 5.78 Å². The quantitative estimate of drug-likeness (QED) is 0.794. The largest absolute Gasteiger partial charge is 0.497 e. The molecule has 1 aromatic carbocycles. The van der Waals surface area contributed by atoms with E-state index in [9.17, 15) is 23.2 Å². The van der Waals surface area contributed by atoms with Crippen LogP contribution < -0.4 is 4.74 Å². The molecule has 0 radical (unpaired) electrons. The average molecular weight is 348 g/mol. The third-order valence-corrected chi connectivity index (χ3v) is 3.68. The van der Waals surface area contributed by atoms with Crippen LogP contribution >= 0.6 is 0 Å². The molecule has 0 aliphatic carbocycles. The second-order valence-corrected chi connectivity index (χ2v) is 5.35. The molecular weight excluding hydrogens is 333 g/mol. The summed E-state index contributed by atoms with van der Waals surface area (Å²) in [6.07, 6.45) is -3.36. The number of pyridine rings is 1. The topological polar surface area (TPSA) is 63.0 Å². The van der Waals surface area contributed by atoms with E-state index in [4.69, 9.17) is 4.74 Å². The molecule has 1 heterocycles. The lowest BCUT2D eigenvalue weighted by Crippen LogP contribution is -2.14. The minimum absolute atomic E-state index is 0.0234. The highest BCUT2D eigenvalue weighted by atomic mass is 19.4. The Labute approximate surface area is 142 Å². The zero-order valence-corrected chi connectivity index (χ0v) is 13.4. The van der Waals surface area contributed by atoms with Gasteiger partial charge in [-0.15, -0.1) is 0 Å². The zero-order chi connectivity index (χ0) is 18.4. The molecule has 0 fully saturated rings. The molecular formula is C18H15F3N2O2. The molecule has 1 aromatic heterocycles. The monoisotopic (exact) mass is 348 g/mol. The van der Waals surface area contributed by atoms with Crippen LogP contribution in [0.15, 0.2) is 42.6 Å². The molecule has 2 aromatic rings. The number of methoxy groups -OCH3 is 1. The molecule has 2 rings (SSSR count). The number of aromatic nitrogens is 1. The van der Waals surface area contributed by atoms with Crippen LogP contribution in [0.2, 0.25) is 0 Å². The van der Waals surface area contributed by atoms with Crippen LogP contribution in [0, 0.1) is 11.3 Å². The fourth-order valence-corrected chi connectivity index (χ4v) is 2.25. The summed E-state index contributed by atoms with van der Waals surface area (Å²) in [6, 6.07) is 10.9. The number of Topliss-reactive ketones (excluding diaryl/α,β-unsaturated/α-hetero) is 1. The van der Waals surface area contributed by atoms with Crippen LogP contribution in [0.5, 0.6) is 5.75 Å². The summed E-state index contributed by atoms with van der Waals surface area (Å²) >= 11 is 0. The van der Waals surface area contributed by atoms with Crippen molar-refractivity contribution >= 4 is 5.78 Å². The van der Waals surface area contributed by atoms with Gasteiger partial charge >= 0.3 is 6.18 Å². The Morgan fingerprint density at radius 2 is 1.92 bits per heavy atom. The molecule has 0 spiro atoms. The summed E-state index contributed by atoms with van der Waals surface area (Å²) < 4.78 is 42.7. The number of nitriles is 1. The van der Waals surface area contributed by atoms with Crippen molar-refractivity contribution in [2.45, 2.75) is 24.9 Å². The molecule has 0 aliphatic heterocycles. The molecule has 130 valence electrons. The summed E-state index contributed by atoms with van der Waals surface area (Å²) in [6.45, 7) is 0. The lowest BCUT2D eigenvalue weighted by molar-refractivity contribution is -0.137. The summed E-state index contributed by atoms with van der Waals surface area (Å²) in [5.41, 5.74) is 0.0000656. The van der Waals surface area contributed by atoms with Gasteiger partial charge in [0.2, 0.25) is 0 Å². The summed E-state index contributed by atoms with van der Waals surface area (Å²) in [7, 11) is 1.55. The van der Waals surface area contributed by atoms with Crippen LogP contribution in [-0.2, 0) is 17.4 Å². The van der Waals surface area contributed by atoms with E-state index in [0.29, 0.717) is 18.4 Å². The fourth-order valence-electron chi connectivity index (χ4n) is 2.25. The molecule has 0 saturated heterocycles. The Morgan fingerprint density at radius 1 is 1.24 bits per heavy atom. The first-order valence-electron chi connectivity index (χ1n) is 7.43. The third-order valence-electron chi connectivity index (χ3n) is 3.68. The highest BCUT2D eigenvalue weighted by Crippen LogP contribution is 2.29. The van der Waals surface area contributed by atoms with Crippen molar-refractivity contribution in [3.05, 3.63) is 59.4 Å². The number of benzene rings is 1. The van der Waals surface area contributed by atoms with E-state index in [2.05, 4.69) is 4.98 Å². The van der Waals surface area contributed by atoms with Crippen molar-refractivity contribution in [2.24, 2.45) is 0 Å². The lowest BCUT2D eigenvalue weighted by atomic mass is 9.95. The predicted octanol–water partition coefficient (Wildman–Crippen LogP) is 3.92. The third kappa shape index (κ3) is 4.80. The SMILES string of the molecule is COc1ccc(CCC(=O)C(C#N)c2ccc(C(F)(F)F)cn2)cc1. The summed E-state index contributed by atoms with van der Waals surface area (Å²) in [5, 5.41) is 9.19. The first kappa shape index (κ1) is 18.5. The number of rotatable bonds is 6. The predicted molar refractivity (Wildman–Crippen MR) is 83.9 cm³/mol. The normalized spacial score (nSPS) is 12.3. The van der Waals surface area contributed by atoms with E-state index in [-0.39, 0.29) is 17.9 Å². The lowest BCUT2D eigenvalue weighted by Gasteiger charge is -2.10. The van der Waals surface area contributed by atoms with Crippen LogP contribution in [0.3, 0.4) is 0 Å². The Balaban J connectivity index is 2.04. The van der Waals surface area contributed by atoms with Gasteiger partial charge in [-0.05, 0) is 36.2 Å². The molecule has 0 N–H and O–H groups in total. The number of ketones is 1. The van der Waals surface area contributed by atoms with E-state index in [1.807, 2.05) is 18.2 Å². The number of hydrogen-bond acceptors (Lipinski definition) is 4. The maximum absolute atomic E-state index is 12.5. The number of nitrogens with zero attached hydrogens (tertiary/aromatic N) is 2. The van der Waals surface area contributed by atoms with E-state index in [1.165, 1.54) is 0 Å². The Hall–Kier alpha value is -2.88. The Kier molecular flexibility index (Phi) is 5.75. The van der Waals surface area contributed by atoms with Gasteiger partial charge < -0.3 is 4.74 Å². The van der Waals surface area contributed by atoms with Gasteiger partial charge in [0.05, 0.1) is 24.4 Å². The van der Waals surface area contributed by atoms with Crippen LogP contribution in [0.1, 0.15) is 29.2 Å². The summed E-state index contributed by atoms with van der Waals surface area (Å²) in [4.78, 5) is 15.9. The van der Waals surface area contributed by atoms with E-state index >= 15 is 0 Å². The van der Waals surface area contributed by atoms with Crippen LogP contribution in [0.4, 0.5) is 13.2 Å². The van der Waals surface area contributed by atoms with E-state index < -0.39 is 17.7 Å². The molecule has 0 bridgehead atoms. The Bertz CT molecular complexity index is 763. The molecule has 0 saturated carbocycles. The minimum Gasteiger partial charge on any atom is -0.497 e. The number of alkyl halides is 3. The number of hydrogen-bond donors (Lipinski definition) is 0. The zero-order valence-electron chi connectivity index (χ0n) is 13.4. The molecule has 7 heteroatoms. The second-order valence-electron chi connectivity index (χ2n) is 5.35. The molecule has 25 heavy (non-hydrogen) atoms. The number of carbonyl (C=O) groups excluding carboxylic acids is 1. The van der Waals surface area contributed by atoms with Gasteiger partial charge in [-0.2, -0.15) is 18.4 Å². The van der Waals surface area contributed by atoms with Gasteiger partial charge in [0, 0.05) is 12.6 Å². The first-order valence-corrected chi connectivity index (χ1v) is 7.43. The Morgan fingerprint density at radius 3 is 2.40 bits per heavy atom. The summed E-state index contributed by atoms with van der Waals surface area (Å²) in [5.74, 6) is -0.870.